The minimum absolute atomic E-state index is 0.0958. The van der Waals surface area contributed by atoms with Gasteiger partial charge in [0.15, 0.2) is 13.2 Å². The first-order valence-electron chi connectivity index (χ1n) is 7.14. The first-order chi connectivity index (χ1) is 11.8. The number of benzene rings is 2. The zero-order chi connectivity index (χ0) is 18.4. The first kappa shape index (κ1) is 19.0. The summed E-state index contributed by atoms with van der Waals surface area (Å²) in [4.78, 5) is 23.3. The molecule has 1 amide bonds. The van der Waals surface area contributed by atoms with Crippen LogP contribution in [0.4, 0.5) is 10.1 Å². The molecule has 25 heavy (non-hydrogen) atoms. The second kappa shape index (κ2) is 8.69. The third-order valence-corrected chi connectivity index (χ3v) is 3.52. The highest BCUT2D eigenvalue weighted by Gasteiger charge is 2.12. The number of anilines is 1. The smallest absolute Gasteiger partial charge is 0.344 e. The van der Waals surface area contributed by atoms with Crippen molar-refractivity contribution in [2.75, 3.05) is 18.5 Å². The van der Waals surface area contributed by atoms with Gasteiger partial charge < -0.3 is 14.8 Å². The predicted molar refractivity (Wildman–Crippen MR) is 92.7 cm³/mol. The molecule has 132 valence electrons. The lowest BCUT2D eigenvalue weighted by Gasteiger charge is -2.10. The van der Waals surface area contributed by atoms with E-state index in [2.05, 4.69) is 5.32 Å². The summed E-state index contributed by atoms with van der Waals surface area (Å²) >= 11 is 11.5. The van der Waals surface area contributed by atoms with Gasteiger partial charge in [0.1, 0.15) is 11.6 Å². The molecule has 0 aromatic heterocycles. The third kappa shape index (κ3) is 5.92. The van der Waals surface area contributed by atoms with Crippen molar-refractivity contribution in [1.29, 1.82) is 0 Å². The van der Waals surface area contributed by atoms with E-state index in [4.69, 9.17) is 32.7 Å². The average molecular weight is 386 g/mol. The van der Waals surface area contributed by atoms with Gasteiger partial charge in [-0.1, -0.05) is 23.2 Å². The molecule has 2 aromatic rings. The second-order valence-corrected chi connectivity index (χ2v) is 5.90. The molecule has 1 N–H and O–H groups in total. The van der Waals surface area contributed by atoms with E-state index in [0.29, 0.717) is 10.8 Å². The first-order valence-corrected chi connectivity index (χ1v) is 7.90. The number of aryl methyl sites for hydroxylation is 1. The van der Waals surface area contributed by atoms with Crippen molar-refractivity contribution in [3.63, 3.8) is 0 Å². The van der Waals surface area contributed by atoms with Gasteiger partial charge in [0.25, 0.3) is 5.91 Å². The zero-order valence-electron chi connectivity index (χ0n) is 13.1. The number of hydrogen-bond acceptors (Lipinski definition) is 4. The summed E-state index contributed by atoms with van der Waals surface area (Å²) in [5.41, 5.74) is 0.663. The van der Waals surface area contributed by atoms with Crippen LogP contribution in [-0.2, 0) is 14.3 Å². The van der Waals surface area contributed by atoms with E-state index in [1.165, 1.54) is 12.1 Å². The van der Waals surface area contributed by atoms with E-state index in [9.17, 15) is 14.0 Å². The van der Waals surface area contributed by atoms with Gasteiger partial charge in [0.2, 0.25) is 0 Å². The highest BCUT2D eigenvalue weighted by atomic mass is 35.5. The Bertz CT molecular complexity index is 798. The number of ether oxygens (including phenoxy) is 2. The summed E-state index contributed by atoms with van der Waals surface area (Å²) in [6, 6.07) is 8.66. The summed E-state index contributed by atoms with van der Waals surface area (Å²) < 4.78 is 23.6. The highest BCUT2D eigenvalue weighted by Crippen LogP contribution is 2.22. The van der Waals surface area contributed by atoms with Crippen molar-refractivity contribution in [3.8, 4) is 5.75 Å². The van der Waals surface area contributed by atoms with Crippen molar-refractivity contribution in [2.24, 2.45) is 0 Å². The number of rotatable bonds is 6. The molecule has 0 radical (unpaired) electrons. The molecule has 0 aliphatic heterocycles. The van der Waals surface area contributed by atoms with Crippen LogP contribution in [0, 0.1) is 12.7 Å². The number of carbonyl (C=O) groups is 2. The largest absolute Gasteiger partial charge is 0.482 e. The number of amides is 1. The summed E-state index contributed by atoms with van der Waals surface area (Å²) in [7, 11) is 0. The number of nitrogens with one attached hydrogen (secondary N) is 1. The lowest BCUT2D eigenvalue weighted by Crippen LogP contribution is -2.24. The summed E-state index contributed by atoms with van der Waals surface area (Å²) in [6.45, 7) is 0.828. The quantitative estimate of drug-likeness (QED) is 0.763. The average Bonchev–Trinajstić information content (AvgIpc) is 2.55. The molecule has 0 fully saturated rings. The van der Waals surface area contributed by atoms with Crippen LogP contribution in [0.25, 0.3) is 0 Å². The SMILES string of the molecule is Cc1cc(Cl)ccc1OCC(=O)OCC(=O)Nc1cc(Cl)ccc1F. The van der Waals surface area contributed by atoms with Crippen molar-refractivity contribution >= 4 is 40.8 Å². The Balaban J connectivity index is 1.79. The zero-order valence-corrected chi connectivity index (χ0v) is 14.7. The lowest BCUT2D eigenvalue weighted by atomic mass is 10.2. The minimum Gasteiger partial charge on any atom is -0.482 e. The van der Waals surface area contributed by atoms with E-state index in [0.717, 1.165) is 11.6 Å². The van der Waals surface area contributed by atoms with E-state index in [1.807, 2.05) is 0 Å². The fourth-order valence-corrected chi connectivity index (χ4v) is 2.28. The number of carbonyl (C=O) groups excluding carboxylic acids is 2. The summed E-state index contributed by atoms with van der Waals surface area (Å²) in [5, 5.41) is 3.08. The number of esters is 1. The van der Waals surface area contributed by atoms with Crippen molar-refractivity contribution in [3.05, 3.63) is 57.8 Å². The van der Waals surface area contributed by atoms with E-state index >= 15 is 0 Å². The predicted octanol–water partition coefficient (Wildman–Crippen LogP) is 4.00. The van der Waals surface area contributed by atoms with Crippen LogP contribution in [0.3, 0.4) is 0 Å². The number of halogens is 3. The van der Waals surface area contributed by atoms with Gasteiger partial charge >= 0.3 is 5.97 Å². The lowest BCUT2D eigenvalue weighted by molar-refractivity contribution is -0.149. The molecule has 5 nitrogen and oxygen atoms in total. The van der Waals surface area contributed by atoms with Crippen LogP contribution in [0.15, 0.2) is 36.4 Å². The molecule has 0 spiro atoms. The van der Waals surface area contributed by atoms with Crippen molar-refractivity contribution < 1.29 is 23.5 Å². The van der Waals surface area contributed by atoms with Gasteiger partial charge in [-0.25, -0.2) is 9.18 Å². The van der Waals surface area contributed by atoms with Gasteiger partial charge in [0.05, 0.1) is 5.69 Å². The van der Waals surface area contributed by atoms with Gasteiger partial charge in [-0.3, -0.25) is 4.79 Å². The Kier molecular flexibility index (Phi) is 6.61. The Morgan fingerprint density at radius 2 is 1.76 bits per heavy atom. The van der Waals surface area contributed by atoms with E-state index < -0.39 is 24.3 Å². The molecule has 0 saturated carbocycles. The maximum absolute atomic E-state index is 13.5. The maximum atomic E-state index is 13.5. The Hall–Kier alpha value is -2.31. The van der Waals surface area contributed by atoms with Crippen LogP contribution in [0.1, 0.15) is 5.56 Å². The fraction of sp³-hybridized carbons (Fsp3) is 0.176. The maximum Gasteiger partial charge on any atom is 0.344 e. The number of hydrogen-bond donors (Lipinski definition) is 1. The molecule has 0 saturated heterocycles. The molecule has 0 unspecified atom stereocenters. The topological polar surface area (TPSA) is 64.6 Å². The van der Waals surface area contributed by atoms with Crippen LogP contribution < -0.4 is 10.1 Å². The second-order valence-electron chi connectivity index (χ2n) is 5.03. The highest BCUT2D eigenvalue weighted by molar-refractivity contribution is 6.31. The minimum atomic E-state index is -0.740. The van der Waals surface area contributed by atoms with Gasteiger partial charge in [0, 0.05) is 10.0 Å². The monoisotopic (exact) mass is 385 g/mol. The van der Waals surface area contributed by atoms with Gasteiger partial charge in [-0.2, -0.15) is 0 Å². The van der Waals surface area contributed by atoms with Crippen LogP contribution in [0.5, 0.6) is 5.75 Å². The van der Waals surface area contributed by atoms with Crippen molar-refractivity contribution in [1.82, 2.24) is 0 Å². The summed E-state index contributed by atoms with van der Waals surface area (Å²) in [5.74, 6) is -1.61. The molecule has 0 aliphatic carbocycles. The molecule has 0 bridgehead atoms. The standard InChI is InChI=1S/C17H14Cl2FNO4/c1-10-6-11(18)3-5-15(10)24-9-17(23)25-8-16(22)21-14-7-12(19)2-4-13(14)20/h2-7H,8-9H2,1H3,(H,21,22). The summed E-state index contributed by atoms with van der Waals surface area (Å²) in [6.07, 6.45) is 0. The van der Waals surface area contributed by atoms with Crippen molar-refractivity contribution in [2.45, 2.75) is 6.92 Å². The molecule has 2 rings (SSSR count). The Morgan fingerprint density at radius 1 is 1.08 bits per heavy atom. The molecule has 0 atom stereocenters. The molecular formula is C17H14Cl2FNO4. The van der Waals surface area contributed by atoms with Crippen LogP contribution in [-0.4, -0.2) is 25.1 Å². The van der Waals surface area contributed by atoms with E-state index in [-0.39, 0.29) is 17.3 Å². The van der Waals surface area contributed by atoms with Gasteiger partial charge in [-0.05, 0) is 48.9 Å². The fourth-order valence-electron chi connectivity index (χ4n) is 1.88. The van der Waals surface area contributed by atoms with Crippen LogP contribution >= 0.6 is 23.2 Å². The van der Waals surface area contributed by atoms with Gasteiger partial charge in [-0.15, -0.1) is 0 Å². The molecular weight excluding hydrogens is 372 g/mol. The normalized spacial score (nSPS) is 10.2. The third-order valence-electron chi connectivity index (χ3n) is 3.05. The Morgan fingerprint density at radius 3 is 2.48 bits per heavy atom. The Labute approximate surface area is 153 Å². The molecule has 0 aliphatic rings. The van der Waals surface area contributed by atoms with E-state index in [1.54, 1.807) is 25.1 Å². The molecule has 2 aromatic carbocycles. The molecule has 0 heterocycles. The van der Waals surface area contributed by atoms with Crippen LogP contribution in [0.2, 0.25) is 10.0 Å². The molecule has 8 heteroatoms.